The second kappa shape index (κ2) is 9.54. The molecule has 114 valence electrons. The lowest BCUT2D eigenvalue weighted by atomic mass is 10.1. The number of benzene rings is 1. The largest absolute Gasteiger partial charge is 0.376 e. The molecule has 0 saturated carbocycles. The molecule has 0 radical (unpaired) electrons. The molecule has 0 spiro atoms. The Labute approximate surface area is 132 Å². The minimum Gasteiger partial charge on any atom is -0.376 e. The van der Waals surface area contributed by atoms with Gasteiger partial charge in [0.15, 0.2) is 0 Å². The van der Waals surface area contributed by atoms with E-state index in [4.69, 9.17) is 4.74 Å². The maximum atomic E-state index is 5.81. The Morgan fingerprint density at radius 2 is 2.00 bits per heavy atom. The lowest BCUT2D eigenvalue weighted by Crippen LogP contribution is -2.21. The Morgan fingerprint density at radius 3 is 2.60 bits per heavy atom. The van der Waals surface area contributed by atoms with E-state index in [1.807, 2.05) is 0 Å². The number of hydrogen-bond donors (Lipinski definition) is 1. The fourth-order valence-electron chi connectivity index (χ4n) is 2.09. The van der Waals surface area contributed by atoms with Crippen molar-refractivity contribution in [2.75, 3.05) is 6.61 Å². The number of halogens is 1. The highest BCUT2D eigenvalue weighted by Crippen LogP contribution is 2.20. The molecular weight excluding hydrogens is 314 g/mol. The maximum Gasteiger partial charge on any atom is 0.0727 e. The van der Waals surface area contributed by atoms with Crippen LogP contribution in [-0.4, -0.2) is 12.6 Å². The third-order valence-electron chi connectivity index (χ3n) is 3.27. The molecule has 1 aromatic rings. The van der Waals surface area contributed by atoms with E-state index < -0.39 is 0 Å². The fraction of sp³-hybridized carbons (Fsp3) is 0.647. The van der Waals surface area contributed by atoms with Gasteiger partial charge in [-0.1, -0.05) is 62.2 Å². The summed E-state index contributed by atoms with van der Waals surface area (Å²) in [5.74, 6) is 0.647. The van der Waals surface area contributed by atoms with Gasteiger partial charge in [0.2, 0.25) is 0 Å². The molecule has 1 unspecified atom stereocenters. The Morgan fingerprint density at radius 1 is 1.25 bits per heavy atom. The third kappa shape index (κ3) is 6.87. The molecular formula is C17H28BrNO. The van der Waals surface area contributed by atoms with Gasteiger partial charge in [-0.15, -0.1) is 0 Å². The summed E-state index contributed by atoms with van der Waals surface area (Å²) in [7, 11) is 0. The first kappa shape index (κ1) is 17.7. The fourth-order valence-corrected chi connectivity index (χ4v) is 2.63. The predicted molar refractivity (Wildman–Crippen MR) is 89.8 cm³/mol. The minimum absolute atomic E-state index is 0.511. The highest BCUT2D eigenvalue weighted by molar-refractivity contribution is 9.10. The monoisotopic (exact) mass is 341 g/mol. The zero-order valence-corrected chi connectivity index (χ0v) is 14.8. The summed E-state index contributed by atoms with van der Waals surface area (Å²) in [5, 5.41) is 3.43. The molecule has 0 bridgehead atoms. The van der Waals surface area contributed by atoms with Gasteiger partial charge >= 0.3 is 0 Å². The quantitative estimate of drug-likeness (QED) is 0.689. The third-order valence-corrected chi connectivity index (χ3v) is 4.01. The van der Waals surface area contributed by atoms with Crippen molar-refractivity contribution in [3.05, 3.63) is 33.8 Å². The van der Waals surface area contributed by atoms with Crippen LogP contribution in [0.2, 0.25) is 0 Å². The van der Waals surface area contributed by atoms with Crippen molar-refractivity contribution < 1.29 is 4.74 Å². The Balaban J connectivity index is 2.43. The van der Waals surface area contributed by atoms with Crippen molar-refractivity contribution in [1.29, 1.82) is 0 Å². The second-order valence-electron chi connectivity index (χ2n) is 5.87. The van der Waals surface area contributed by atoms with E-state index >= 15 is 0 Å². The van der Waals surface area contributed by atoms with Crippen LogP contribution in [0.25, 0.3) is 0 Å². The molecule has 0 saturated heterocycles. The van der Waals surface area contributed by atoms with Gasteiger partial charge in [-0.25, -0.2) is 0 Å². The van der Waals surface area contributed by atoms with E-state index in [9.17, 15) is 0 Å². The van der Waals surface area contributed by atoms with Crippen LogP contribution < -0.4 is 5.32 Å². The van der Waals surface area contributed by atoms with Gasteiger partial charge in [-0.3, -0.25) is 0 Å². The standard InChI is InChI=1S/C17H28BrNO/c1-5-6-14(4)11-20-12-16-8-7-15(9-17(16)18)10-19-13(2)3/h7-9,13-14,19H,5-6,10-12H2,1-4H3. The van der Waals surface area contributed by atoms with Crippen molar-refractivity contribution >= 4 is 15.9 Å². The van der Waals surface area contributed by atoms with Gasteiger partial charge in [-0.05, 0) is 29.5 Å². The van der Waals surface area contributed by atoms with Crippen LogP contribution in [0, 0.1) is 5.92 Å². The molecule has 0 aliphatic rings. The zero-order valence-electron chi connectivity index (χ0n) is 13.2. The first-order valence-corrected chi connectivity index (χ1v) is 8.40. The van der Waals surface area contributed by atoms with Crippen molar-refractivity contribution in [1.82, 2.24) is 5.32 Å². The first-order valence-electron chi connectivity index (χ1n) is 7.61. The zero-order chi connectivity index (χ0) is 15.0. The molecule has 0 fully saturated rings. The number of ether oxygens (including phenoxy) is 1. The molecule has 0 heterocycles. The van der Waals surface area contributed by atoms with Gasteiger partial charge in [0, 0.05) is 23.7 Å². The second-order valence-corrected chi connectivity index (χ2v) is 6.72. The van der Waals surface area contributed by atoms with E-state index in [2.05, 4.69) is 67.1 Å². The Hall–Kier alpha value is -0.380. The molecule has 0 amide bonds. The first-order chi connectivity index (χ1) is 9.52. The van der Waals surface area contributed by atoms with Crippen LogP contribution in [0.1, 0.15) is 51.7 Å². The van der Waals surface area contributed by atoms with Gasteiger partial charge in [0.05, 0.1) is 6.61 Å². The van der Waals surface area contributed by atoms with Gasteiger partial charge in [0.25, 0.3) is 0 Å². The molecule has 2 nitrogen and oxygen atoms in total. The van der Waals surface area contributed by atoms with E-state index in [1.165, 1.54) is 24.0 Å². The van der Waals surface area contributed by atoms with Crippen molar-refractivity contribution in [3.8, 4) is 0 Å². The smallest absolute Gasteiger partial charge is 0.0727 e. The minimum atomic E-state index is 0.511. The molecule has 0 aliphatic heterocycles. The lowest BCUT2D eigenvalue weighted by molar-refractivity contribution is 0.0890. The van der Waals surface area contributed by atoms with Crippen LogP contribution in [0.3, 0.4) is 0 Å². The highest BCUT2D eigenvalue weighted by atomic mass is 79.9. The molecule has 3 heteroatoms. The SMILES string of the molecule is CCCC(C)COCc1ccc(CNC(C)C)cc1Br. The highest BCUT2D eigenvalue weighted by Gasteiger charge is 2.05. The topological polar surface area (TPSA) is 21.3 Å². The van der Waals surface area contributed by atoms with E-state index in [-0.39, 0.29) is 0 Å². The Bertz CT molecular complexity index is 393. The summed E-state index contributed by atoms with van der Waals surface area (Å²) >= 11 is 3.64. The van der Waals surface area contributed by atoms with Crippen molar-refractivity contribution in [3.63, 3.8) is 0 Å². The van der Waals surface area contributed by atoms with Crippen molar-refractivity contribution in [2.45, 2.75) is 59.7 Å². The van der Waals surface area contributed by atoms with E-state index in [1.54, 1.807) is 0 Å². The van der Waals surface area contributed by atoms with Crippen LogP contribution in [0.4, 0.5) is 0 Å². The van der Waals surface area contributed by atoms with Gasteiger partial charge < -0.3 is 10.1 Å². The van der Waals surface area contributed by atoms with E-state index in [0.29, 0.717) is 18.6 Å². The molecule has 1 aromatic carbocycles. The summed E-state index contributed by atoms with van der Waals surface area (Å²) in [6.07, 6.45) is 2.47. The molecule has 0 aromatic heterocycles. The molecule has 1 N–H and O–H groups in total. The predicted octanol–water partition coefficient (Wildman–Crippen LogP) is 4.90. The Kier molecular flexibility index (Phi) is 8.43. The van der Waals surface area contributed by atoms with Crippen LogP contribution in [0.5, 0.6) is 0 Å². The van der Waals surface area contributed by atoms with Gasteiger partial charge in [-0.2, -0.15) is 0 Å². The summed E-state index contributed by atoms with van der Waals surface area (Å²) < 4.78 is 6.95. The molecule has 1 rings (SSSR count). The number of nitrogens with one attached hydrogen (secondary N) is 1. The lowest BCUT2D eigenvalue weighted by Gasteiger charge is -2.13. The van der Waals surface area contributed by atoms with Crippen molar-refractivity contribution in [2.24, 2.45) is 5.92 Å². The average molecular weight is 342 g/mol. The summed E-state index contributed by atoms with van der Waals surface area (Å²) in [5.41, 5.74) is 2.52. The molecule has 0 aliphatic carbocycles. The number of rotatable bonds is 9. The van der Waals surface area contributed by atoms with Crippen LogP contribution in [0.15, 0.2) is 22.7 Å². The number of hydrogen-bond acceptors (Lipinski definition) is 2. The maximum absolute atomic E-state index is 5.81. The van der Waals surface area contributed by atoms with Crippen LogP contribution in [-0.2, 0) is 17.9 Å². The summed E-state index contributed by atoms with van der Waals surface area (Å²) in [6.45, 7) is 11.2. The molecule has 20 heavy (non-hydrogen) atoms. The van der Waals surface area contributed by atoms with Crippen LogP contribution >= 0.6 is 15.9 Å². The summed E-state index contributed by atoms with van der Waals surface area (Å²) in [4.78, 5) is 0. The molecule has 1 atom stereocenters. The average Bonchev–Trinajstić information content (AvgIpc) is 2.39. The normalized spacial score (nSPS) is 12.9. The van der Waals surface area contributed by atoms with Gasteiger partial charge in [0.1, 0.15) is 0 Å². The summed E-state index contributed by atoms with van der Waals surface area (Å²) in [6, 6.07) is 7.03. The van der Waals surface area contributed by atoms with E-state index in [0.717, 1.165) is 17.6 Å².